The Bertz CT molecular complexity index is 138. The molecule has 0 aliphatic heterocycles. The number of allylic oxidation sites excluding steroid dienone is 2. The van der Waals surface area contributed by atoms with Crippen LogP contribution in [-0.4, -0.2) is 0 Å². The molecule has 0 heteroatoms. The molecule has 0 N–H and O–H groups in total. The van der Waals surface area contributed by atoms with Gasteiger partial charge in [-0.05, 0) is 32.1 Å². The van der Waals surface area contributed by atoms with Gasteiger partial charge in [0, 0.05) is 0 Å². The van der Waals surface area contributed by atoms with Crippen LogP contribution in [0.15, 0.2) is 11.6 Å². The Balaban J connectivity index is 2.41. The summed E-state index contributed by atoms with van der Waals surface area (Å²) in [6.07, 6.45) is 12.3. The van der Waals surface area contributed by atoms with Gasteiger partial charge in [0.25, 0.3) is 0 Å². The molecule has 1 saturated carbocycles. The summed E-state index contributed by atoms with van der Waals surface area (Å²) >= 11 is 0. The van der Waals surface area contributed by atoms with Crippen LogP contribution < -0.4 is 0 Å². The van der Waals surface area contributed by atoms with Gasteiger partial charge in [-0.15, -0.1) is 0 Å². The predicted octanol–water partition coefficient (Wildman–Crippen LogP) is 4.31. The molecule has 1 aliphatic rings. The molecule has 0 bridgehead atoms. The van der Waals surface area contributed by atoms with Crippen molar-refractivity contribution in [2.24, 2.45) is 5.92 Å². The maximum absolute atomic E-state index is 2.36. The molecule has 0 radical (unpaired) electrons. The predicted molar refractivity (Wildman–Crippen MR) is 55.2 cm³/mol. The highest BCUT2D eigenvalue weighted by Crippen LogP contribution is 2.31. The highest BCUT2D eigenvalue weighted by molar-refractivity contribution is 5.06. The SMILES string of the molecule is C/C=C(\CCC)C1CCCCC1. The third-order valence-corrected chi connectivity index (χ3v) is 3.04. The minimum absolute atomic E-state index is 0.948. The van der Waals surface area contributed by atoms with E-state index >= 15 is 0 Å². The second-order valence-electron chi connectivity index (χ2n) is 3.95. The molecule has 70 valence electrons. The smallest absolute Gasteiger partial charge is 0.0203 e. The fourth-order valence-corrected chi connectivity index (χ4v) is 2.35. The molecule has 1 aliphatic carbocycles. The van der Waals surface area contributed by atoms with Crippen molar-refractivity contribution in [2.75, 3.05) is 0 Å². The lowest BCUT2D eigenvalue weighted by molar-refractivity contribution is 0.394. The van der Waals surface area contributed by atoms with E-state index in [9.17, 15) is 0 Å². The van der Waals surface area contributed by atoms with Gasteiger partial charge in [0.05, 0.1) is 0 Å². The van der Waals surface area contributed by atoms with Crippen molar-refractivity contribution in [2.45, 2.75) is 58.8 Å². The maximum atomic E-state index is 2.36. The van der Waals surface area contributed by atoms with Gasteiger partial charge in [0.1, 0.15) is 0 Å². The molecule has 0 spiro atoms. The summed E-state index contributed by atoms with van der Waals surface area (Å²) in [5.41, 5.74) is 1.73. The Kier molecular flexibility index (Phi) is 4.42. The molecule has 0 unspecified atom stereocenters. The van der Waals surface area contributed by atoms with Crippen LogP contribution >= 0.6 is 0 Å². The van der Waals surface area contributed by atoms with E-state index in [1.165, 1.54) is 44.9 Å². The topological polar surface area (TPSA) is 0 Å². The van der Waals surface area contributed by atoms with Gasteiger partial charge < -0.3 is 0 Å². The second-order valence-corrected chi connectivity index (χ2v) is 3.95. The van der Waals surface area contributed by atoms with E-state index in [1.54, 1.807) is 5.57 Å². The van der Waals surface area contributed by atoms with Crippen molar-refractivity contribution >= 4 is 0 Å². The summed E-state index contributed by atoms with van der Waals surface area (Å²) in [5.74, 6) is 0.948. The highest BCUT2D eigenvalue weighted by atomic mass is 14.2. The molecule has 0 atom stereocenters. The Morgan fingerprint density at radius 3 is 2.42 bits per heavy atom. The van der Waals surface area contributed by atoms with Crippen molar-refractivity contribution in [3.05, 3.63) is 11.6 Å². The van der Waals surface area contributed by atoms with Crippen LogP contribution in [-0.2, 0) is 0 Å². The van der Waals surface area contributed by atoms with E-state index in [0.717, 1.165) is 5.92 Å². The molecule has 0 amide bonds. The van der Waals surface area contributed by atoms with Crippen LogP contribution in [0.3, 0.4) is 0 Å². The van der Waals surface area contributed by atoms with Gasteiger partial charge in [-0.2, -0.15) is 0 Å². The van der Waals surface area contributed by atoms with Gasteiger partial charge >= 0.3 is 0 Å². The lowest BCUT2D eigenvalue weighted by atomic mass is 9.82. The minimum atomic E-state index is 0.948. The zero-order chi connectivity index (χ0) is 8.81. The average molecular weight is 166 g/mol. The maximum Gasteiger partial charge on any atom is -0.0203 e. The molecule has 0 saturated heterocycles. The van der Waals surface area contributed by atoms with Gasteiger partial charge in [-0.3, -0.25) is 0 Å². The fraction of sp³-hybridized carbons (Fsp3) is 0.833. The molecule has 1 fully saturated rings. The molecule has 1 rings (SSSR count). The molecular weight excluding hydrogens is 144 g/mol. The Hall–Kier alpha value is -0.260. The second kappa shape index (κ2) is 5.40. The number of rotatable bonds is 3. The van der Waals surface area contributed by atoms with E-state index in [0.29, 0.717) is 0 Å². The lowest BCUT2D eigenvalue weighted by Crippen LogP contribution is -2.08. The summed E-state index contributed by atoms with van der Waals surface area (Å²) in [4.78, 5) is 0. The zero-order valence-electron chi connectivity index (χ0n) is 8.60. The average Bonchev–Trinajstić information content (AvgIpc) is 2.15. The standard InChI is InChI=1S/C12H22/c1-3-8-11(4-2)12-9-6-5-7-10-12/h4,12H,3,5-10H2,1-2H3/b11-4+. The van der Waals surface area contributed by atoms with Crippen LogP contribution in [0, 0.1) is 5.92 Å². The summed E-state index contributed by atoms with van der Waals surface area (Å²) in [5, 5.41) is 0. The van der Waals surface area contributed by atoms with Crippen LogP contribution in [0.5, 0.6) is 0 Å². The summed E-state index contributed by atoms with van der Waals surface area (Å²) < 4.78 is 0. The van der Waals surface area contributed by atoms with E-state index < -0.39 is 0 Å². The molecule has 0 aromatic heterocycles. The molecular formula is C12H22. The molecule has 0 aromatic carbocycles. The number of hydrogen-bond donors (Lipinski definition) is 0. The summed E-state index contributed by atoms with van der Waals surface area (Å²) in [6.45, 7) is 4.49. The third-order valence-electron chi connectivity index (χ3n) is 3.04. The quantitative estimate of drug-likeness (QED) is 0.548. The minimum Gasteiger partial charge on any atom is -0.0882 e. The van der Waals surface area contributed by atoms with Gasteiger partial charge in [0.15, 0.2) is 0 Å². The van der Waals surface area contributed by atoms with Gasteiger partial charge in [0.2, 0.25) is 0 Å². The first-order valence-corrected chi connectivity index (χ1v) is 5.53. The molecule has 0 heterocycles. The Morgan fingerprint density at radius 1 is 1.25 bits per heavy atom. The molecule has 0 nitrogen and oxygen atoms in total. The van der Waals surface area contributed by atoms with Crippen LogP contribution in [0.2, 0.25) is 0 Å². The molecule has 0 aromatic rings. The Morgan fingerprint density at radius 2 is 1.92 bits per heavy atom. The van der Waals surface area contributed by atoms with E-state index in [-0.39, 0.29) is 0 Å². The van der Waals surface area contributed by atoms with E-state index in [2.05, 4.69) is 19.9 Å². The largest absolute Gasteiger partial charge is 0.0882 e. The van der Waals surface area contributed by atoms with Crippen molar-refractivity contribution in [3.63, 3.8) is 0 Å². The first kappa shape index (κ1) is 9.83. The summed E-state index contributed by atoms with van der Waals surface area (Å²) in [7, 11) is 0. The first-order chi connectivity index (χ1) is 5.88. The lowest BCUT2D eigenvalue weighted by Gasteiger charge is -2.24. The van der Waals surface area contributed by atoms with Crippen molar-refractivity contribution in [1.82, 2.24) is 0 Å². The van der Waals surface area contributed by atoms with Crippen molar-refractivity contribution < 1.29 is 0 Å². The normalized spacial score (nSPS) is 21.3. The van der Waals surface area contributed by atoms with E-state index in [1.807, 2.05) is 0 Å². The van der Waals surface area contributed by atoms with Crippen molar-refractivity contribution in [1.29, 1.82) is 0 Å². The first-order valence-electron chi connectivity index (χ1n) is 5.53. The Labute approximate surface area is 77.1 Å². The van der Waals surface area contributed by atoms with Crippen LogP contribution in [0.4, 0.5) is 0 Å². The van der Waals surface area contributed by atoms with Crippen LogP contribution in [0.1, 0.15) is 58.8 Å². The fourth-order valence-electron chi connectivity index (χ4n) is 2.35. The van der Waals surface area contributed by atoms with Gasteiger partial charge in [-0.25, -0.2) is 0 Å². The van der Waals surface area contributed by atoms with Gasteiger partial charge in [-0.1, -0.05) is 44.3 Å². The highest BCUT2D eigenvalue weighted by Gasteiger charge is 2.15. The zero-order valence-corrected chi connectivity index (χ0v) is 8.60. The third kappa shape index (κ3) is 2.66. The monoisotopic (exact) mass is 166 g/mol. The van der Waals surface area contributed by atoms with E-state index in [4.69, 9.17) is 0 Å². The number of hydrogen-bond acceptors (Lipinski definition) is 0. The molecule has 12 heavy (non-hydrogen) atoms. The summed E-state index contributed by atoms with van der Waals surface area (Å²) in [6, 6.07) is 0. The van der Waals surface area contributed by atoms with Crippen molar-refractivity contribution in [3.8, 4) is 0 Å². The van der Waals surface area contributed by atoms with Crippen LogP contribution in [0.25, 0.3) is 0 Å².